The predicted octanol–water partition coefficient (Wildman–Crippen LogP) is -13.7. The summed E-state index contributed by atoms with van der Waals surface area (Å²) in [5.41, 5.74) is 0. The lowest BCUT2D eigenvalue weighted by Crippen LogP contribution is -2.71. The lowest BCUT2D eigenvalue weighted by atomic mass is 9.94. The summed E-state index contributed by atoms with van der Waals surface area (Å²) in [5.74, 6) is -5.88. The molecule has 0 saturated carbocycles. The molecule has 5 heterocycles. The van der Waals surface area contributed by atoms with E-state index in [1.807, 2.05) is 5.32 Å². The van der Waals surface area contributed by atoms with Crippen LogP contribution in [0.5, 0.6) is 0 Å². The van der Waals surface area contributed by atoms with Crippen molar-refractivity contribution in [1.29, 1.82) is 0 Å². The second-order valence-corrected chi connectivity index (χ2v) is 26.3. The maximum atomic E-state index is 13.0. The highest BCUT2D eigenvalue weighted by Gasteiger charge is 2.61. The summed E-state index contributed by atoms with van der Waals surface area (Å²) in [4.78, 5) is 37.9. The molecule has 0 aromatic heterocycles. The van der Waals surface area contributed by atoms with Gasteiger partial charge in [0, 0.05) is 6.92 Å². The van der Waals surface area contributed by atoms with Crippen LogP contribution in [0.2, 0.25) is 0 Å². The van der Waals surface area contributed by atoms with E-state index in [-0.39, 0.29) is 0 Å². The smallest absolute Gasteiger partial charge is 0.397 e. The summed E-state index contributed by atoms with van der Waals surface area (Å²) in [6, 6.07) is -7.84. The first-order valence-electron chi connectivity index (χ1n) is 23.4. The Morgan fingerprint density at radius 2 is 0.775 bits per heavy atom. The summed E-state index contributed by atoms with van der Waals surface area (Å²) in [6.45, 7) is -4.17. The number of carbonyl (C=O) groups is 3. The Hall–Kier alpha value is -3.14. The number of hydrogen-bond acceptors (Lipinski definition) is 38. The van der Waals surface area contributed by atoms with Gasteiger partial charge in [-0.2, -0.15) is 68.4 Å². The van der Waals surface area contributed by atoms with Gasteiger partial charge in [0.1, 0.15) is 104 Å². The number of aliphatic carboxylic acids is 2. The van der Waals surface area contributed by atoms with Crippen molar-refractivity contribution in [2.24, 2.45) is 0 Å². The molecule has 25 atom stereocenters. The van der Waals surface area contributed by atoms with Gasteiger partial charge in [-0.05, 0) is 0 Å². The molecule has 57 heteroatoms. The Kier molecular flexibility index (Phi) is 25.2. The molecule has 0 radical (unpaired) electrons. The van der Waals surface area contributed by atoms with Crippen molar-refractivity contribution in [3.8, 4) is 0 Å². The molecule has 19 N–H and O–H groups in total. The number of amides is 1. The average molecular weight is 1460 g/mol. The van der Waals surface area contributed by atoms with Crippen LogP contribution in [0.25, 0.3) is 0 Å². The third-order valence-corrected chi connectivity index (χ3v) is 15.7. The van der Waals surface area contributed by atoms with Crippen LogP contribution in [0.15, 0.2) is 0 Å². The van der Waals surface area contributed by atoms with E-state index in [4.69, 9.17) is 51.7 Å². The molecular weight excluding hydrogens is 1400 g/mol. The number of carbonyl (C=O) groups excluding carboxylic acids is 1. The lowest BCUT2D eigenvalue weighted by Gasteiger charge is -2.50. The molecular formula is C32H53N3O47S7. The van der Waals surface area contributed by atoms with Crippen LogP contribution in [0.3, 0.4) is 0 Å². The predicted molar refractivity (Wildman–Crippen MR) is 256 cm³/mol. The largest absolute Gasteiger partial charge is 0.479 e. The molecule has 0 aromatic rings. The number of hydrogen-bond donors (Lipinski definition) is 19. The fraction of sp³-hybridized carbons (Fsp3) is 0.906. The van der Waals surface area contributed by atoms with Gasteiger partial charge in [0.25, 0.3) is 0 Å². The molecule has 0 unspecified atom stereocenters. The molecule has 0 aliphatic carbocycles. The summed E-state index contributed by atoms with van der Waals surface area (Å²) in [7, 11) is -40.9. The van der Waals surface area contributed by atoms with Crippen LogP contribution in [-0.2, 0) is 151 Å². The molecule has 1 amide bonds. The molecule has 0 bridgehead atoms. The number of nitrogens with one attached hydrogen (secondary N) is 3. The van der Waals surface area contributed by atoms with Gasteiger partial charge in [-0.25, -0.2) is 30.5 Å². The molecule has 5 fully saturated rings. The van der Waals surface area contributed by atoms with Gasteiger partial charge in [-0.3, -0.25) is 36.7 Å². The normalized spacial score (nSPS) is 39.0. The number of rotatable bonds is 28. The zero-order valence-electron chi connectivity index (χ0n) is 43.2. The van der Waals surface area contributed by atoms with Crippen LogP contribution in [0.4, 0.5) is 0 Å². The Bertz CT molecular complexity index is 3320. The summed E-state index contributed by atoms with van der Waals surface area (Å²) < 4.78 is 306. The molecule has 520 valence electrons. The van der Waals surface area contributed by atoms with E-state index in [1.54, 1.807) is 0 Å². The van der Waals surface area contributed by atoms with Gasteiger partial charge in [0.2, 0.25) is 5.91 Å². The van der Waals surface area contributed by atoms with Crippen molar-refractivity contribution >= 4 is 90.4 Å². The van der Waals surface area contributed by atoms with E-state index in [1.165, 1.54) is 4.72 Å². The molecule has 0 spiro atoms. The second kappa shape index (κ2) is 29.2. The number of ether oxygens (including phenoxy) is 9. The highest BCUT2D eigenvalue weighted by molar-refractivity contribution is 7.84. The zero-order valence-corrected chi connectivity index (χ0v) is 48.9. The minimum atomic E-state index is -6.32. The van der Waals surface area contributed by atoms with Crippen LogP contribution in [0, 0.1) is 0 Å². The monoisotopic (exact) mass is 1450 g/mol. The topological polar surface area (TPSA) is 779 Å². The zero-order chi connectivity index (χ0) is 67.8. The SMILES string of the molecule is CC(=O)N[C@H]1[C@@H](O[C@H]2[C@H](O)[C@@H](O)[C@H](O[C@H]3[C@H](OS(=O)(=O)O)[C@@H](NS(=O)(=O)O)[C@@H](O[C@H]4[C@H](O)[C@@H](OS(=O)(=O)O)[C@H](O[C@H]5[C@H](O)[C@@H](NS(=O)(=O)O)[C@@H](O)O[C@@H]5COS(=O)(=O)O)O[C@H]4C(=O)O)O[C@@H]3COS(=O)(=O)O)O[C@@H]2C(=O)O)O[C@H](COS(=O)(=O)O)[C@@H](O)[C@@H]1O. The van der Waals surface area contributed by atoms with E-state index in [0.29, 0.717) is 0 Å². The van der Waals surface area contributed by atoms with Crippen molar-refractivity contribution in [1.82, 2.24) is 14.8 Å². The van der Waals surface area contributed by atoms with Gasteiger partial charge >= 0.3 is 84.5 Å². The van der Waals surface area contributed by atoms with Gasteiger partial charge in [-0.15, -0.1) is 0 Å². The van der Waals surface area contributed by atoms with E-state index in [9.17, 15) is 142 Å². The van der Waals surface area contributed by atoms with E-state index < -0.39 is 264 Å². The molecule has 89 heavy (non-hydrogen) atoms. The number of carboxylic acid groups (broad SMARTS) is 2. The van der Waals surface area contributed by atoms with Crippen molar-refractivity contribution < 1.29 is 215 Å². The lowest BCUT2D eigenvalue weighted by molar-refractivity contribution is -0.372. The van der Waals surface area contributed by atoms with E-state index in [2.05, 4.69) is 20.9 Å². The maximum Gasteiger partial charge on any atom is 0.397 e. The van der Waals surface area contributed by atoms with Crippen LogP contribution < -0.4 is 14.8 Å². The number of aliphatic hydroxyl groups is 7. The third-order valence-electron chi connectivity index (χ3n) is 12.3. The molecule has 0 aromatic carbocycles. The van der Waals surface area contributed by atoms with E-state index >= 15 is 0 Å². The molecule has 50 nitrogen and oxygen atoms in total. The van der Waals surface area contributed by atoms with Crippen LogP contribution in [-0.4, -0.2) is 328 Å². The Balaban J connectivity index is 1.59. The minimum Gasteiger partial charge on any atom is -0.479 e. The Labute approximate surface area is 498 Å². The van der Waals surface area contributed by atoms with Crippen molar-refractivity contribution in [3.05, 3.63) is 0 Å². The summed E-state index contributed by atoms with van der Waals surface area (Å²) >= 11 is 0. The van der Waals surface area contributed by atoms with Crippen LogP contribution in [0.1, 0.15) is 6.92 Å². The first-order valence-corrected chi connectivity index (χ1v) is 33.1. The van der Waals surface area contributed by atoms with Gasteiger partial charge in [0.05, 0.1) is 19.8 Å². The van der Waals surface area contributed by atoms with E-state index in [0.717, 1.165) is 11.6 Å². The molecule has 5 rings (SSSR count). The maximum absolute atomic E-state index is 13.0. The third kappa shape index (κ3) is 22.0. The average Bonchev–Trinajstić information content (AvgIpc) is 0.963. The van der Waals surface area contributed by atoms with Crippen molar-refractivity contribution in [3.63, 3.8) is 0 Å². The Morgan fingerprint density at radius 3 is 1.22 bits per heavy atom. The highest BCUT2D eigenvalue weighted by atomic mass is 32.3. The quantitative estimate of drug-likeness (QED) is 0.0324. The highest BCUT2D eigenvalue weighted by Crippen LogP contribution is 2.38. The van der Waals surface area contributed by atoms with Gasteiger partial charge in [0.15, 0.2) is 49.8 Å². The molecule has 5 aliphatic heterocycles. The fourth-order valence-corrected chi connectivity index (χ4v) is 12.0. The summed E-state index contributed by atoms with van der Waals surface area (Å²) in [5, 5.41) is 100. The van der Waals surface area contributed by atoms with Crippen molar-refractivity contribution in [2.45, 2.75) is 160 Å². The Morgan fingerprint density at radius 1 is 0.382 bits per heavy atom. The van der Waals surface area contributed by atoms with Gasteiger partial charge in [-0.1, -0.05) is 0 Å². The fourth-order valence-electron chi connectivity index (χ4n) is 8.89. The minimum absolute atomic E-state index is 0.797. The number of aliphatic hydroxyl groups excluding tert-OH is 7. The van der Waals surface area contributed by atoms with Crippen LogP contribution >= 0.6 is 0 Å². The first kappa shape index (κ1) is 76.6. The summed E-state index contributed by atoms with van der Waals surface area (Å²) in [6.07, 6.45) is -62.5. The molecule has 5 saturated heterocycles. The number of carboxylic acids is 2. The first-order chi connectivity index (χ1) is 40.3. The molecule has 5 aliphatic rings. The van der Waals surface area contributed by atoms with Crippen molar-refractivity contribution in [2.75, 3.05) is 19.8 Å². The standard InChI is InChI=1S/C32H53N3O47S7/c1-5(36)33-10-13(38)12(37)6(2-69-85(54,55)56)73-29(10)77-21-15(40)16(41)31(79-24(21)26(43)44)76-19-8(4-71-87(60,61)62)74-30(11(35-84(51,52)53)20(19)81-88(63,64)65)78-22-17(42)23(82-89(66,67)68)32(80-25(22)27(45)46)75-18-7(3-70-86(57,58)59)72-28(47)9(14(18)39)34-83(48,49)50/h6-25,28-32,34-35,37-42,47H,2-4H2,1H3,(H,33,36)(H,43,44)(H,45,46)(H,48,49,50)(H,51,52,53)(H,54,55,56)(H,57,58,59)(H,60,61,62)(H,63,64,65)(H,66,67,68)/t6-,7-,8-,9-,10-,11-,12-,13-,14-,15-,16-,17+,18-,19-,20-,21+,22+,23-,24+,25-,28+,29-,30-,31-,32-/m1/s1. The second-order valence-electron chi connectivity index (χ2n) is 18.6. The van der Waals surface area contributed by atoms with Gasteiger partial charge < -0.3 is 93.9 Å².